The summed E-state index contributed by atoms with van der Waals surface area (Å²) in [5, 5.41) is 0. The highest BCUT2D eigenvalue weighted by molar-refractivity contribution is 6.52. The van der Waals surface area contributed by atoms with Gasteiger partial charge in [-0.3, -0.25) is 9.59 Å². The van der Waals surface area contributed by atoms with Crippen LogP contribution >= 0.6 is 0 Å². The number of hydrogen-bond acceptors (Lipinski definition) is 4. The maximum Gasteiger partial charge on any atom is 0.299 e. The summed E-state index contributed by atoms with van der Waals surface area (Å²) >= 11 is 0. The number of anilines is 1. The SMILES string of the molecule is COc1ccc(CN2C(=O)C(=O)c3cc(C)ccc32)cc1OC. The molecule has 3 rings (SSSR count). The Morgan fingerprint density at radius 3 is 2.39 bits per heavy atom. The summed E-state index contributed by atoms with van der Waals surface area (Å²) in [7, 11) is 3.13. The van der Waals surface area contributed by atoms with E-state index in [1.165, 1.54) is 4.90 Å². The summed E-state index contributed by atoms with van der Waals surface area (Å²) in [4.78, 5) is 25.9. The molecule has 2 aromatic rings. The minimum Gasteiger partial charge on any atom is -0.493 e. The molecule has 1 amide bonds. The van der Waals surface area contributed by atoms with Gasteiger partial charge in [0.1, 0.15) is 0 Å². The number of benzene rings is 2. The van der Waals surface area contributed by atoms with Crippen LogP contribution in [0.25, 0.3) is 0 Å². The molecule has 5 heteroatoms. The van der Waals surface area contributed by atoms with Gasteiger partial charge in [0.2, 0.25) is 0 Å². The lowest BCUT2D eigenvalue weighted by Gasteiger charge is -2.18. The Hall–Kier alpha value is -2.82. The summed E-state index contributed by atoms with van der Waals surface area (Å²) in [6.45, 7) is 2.20. The van der Waals surface area contributed by atoms with Gasteiger partial charge >= 0.3 is 0 Å². The Morgan fingerprint density at radius 2 is 1.70 bits per heavy atom. The average Bonchev–Trinajstić information content (AvgIpc) is 2.79. The van der Waals surface area contributed by atoms with Gasteiger partial charge in [0, 0.05) is 0 Å². The van der Waals surface area contributed by atoms with Crippen LogP contribution in [0.4, 0.5) is 5.69 Å². The van der Waals surface area contributed by atoms with E-state index in [4.69, 9.17) is 9.47 Å². The van der Waals surface area contributed by atoms with Crippen molar-refractivity contribution >= 4 is 17.4 Å². The number of hydrogen-bond donors (Lipinski definition) is 0. The van der Waals surface area contributed by atoms with Crippen LogP contribution in [0.2, 0.25) is 0 Å². The van der Waals surface area contributed by atoms with Crippen LogP contribution in [-0.2, 0) is 11.3 Å². The van der Waals surface area contributed by atoms with Crippen molar-refractivity contribution in [2.75, 3.05) is 19.1 Å². The van der Waals surface area contributed by atoms with Gasteiger partial charge in [-0.1, -0.05) is 17.7 Å². The number of ether oxygens (including phenoxy) is 2. The van der Waals surface area contributed by atoms with Crippen LogP contribution in [0.3, 0.4) is 0 Å². The first-order valence-corrected chi connectivity index (χ1v) is 7.23. The summed E-state index contributed by atoms with van der Waals surface area (Å²) < 4.78 is 10.5. The number of fused-ring (bicyclic) bond motifs is 1. The highest BCUT2D eigenvalue weighted by atomic mass is 16.5. The Kier molecular flexibility index (Phi) is 3.78. The van der Waals surface area contributed by atoms with Crippen molar-refractivity contribution in [2.45, 2.75) is 13.5 Å². The highest BCUT2D eigenvalue weighted by Crippen LogP contribution is 2.33. The van der Waals surface area contributed by atoms with E-state index in [0.717, 1.165) is 11.1 Å². The van der Waals surface area contributed by atoms with Gasteiger partial charge < -0.3 is 14.4 Å². The lowest BCUT2D eigenvalue weighted by atomic mass is 10.1. The number of rotatable bonds is 4. The number of carbonyl (C=O) groups is 2. The van der Waals surface area contributed by atoms with E-state index in [1.807, 2.05) is 31.2 Å². The molecule has 5 nitrogen and oxygen atoms in total. The Bertz CT molecular complexity index is 798. The van der Waals surface area contributed by atoms with E-state index in [9.17, 15) is 9.59 Å². The minimum atomic E-state index is -0.500. The Balaban J connectivity index is 1.95. The standard InChI is InChI=1S/C18H17NO4/c1-11-4-6-14-13(8-11)17(20)18(21)19(14)10-12-5-7-15(22-2)16(9-12)23-3/h4-9H,10H2,1-3H3. The van der Waals surface area contributed by atoms with Crippen molar-refractivity contribution in [2.24, 2.45) is 0 Å². The molecule has 0 saturated carbocycles. The largest absolute Gasteiger partial charge is 0.493 e. The van der Waals surface area contributed by atoms with Crippen LogP contribution in [0.1, 0.15) is 21.5 Å². The second kappa shape index (κ2) is 5.76. The van der Waals surface area contributed by atoms with Crippen molar-refractivity contribution in [1.29, 1.82) is 0 Å². The Labute approximate surface area is 134 Å². The third-order valence-electron chi connectivity index (χ3n) is 3.92. The van der Waals surface area contributed by atoms with Crippen LogP contribution in [0.5, 0.6) is 11.5 Å². The number of nitrogens with zero attached hydrogens (tertiary/aromatic N) is 1. The normalized spacial score (nSPS) is 13.3. The average molecular weight is 311 g/mol. The minimum absolute atomic E-state index is 0.307. The monoisotopic (exact) mass is 311 g/mol. The predicted molar refractivity (Wildman–Crippen MR) is 86.2 cm³/mol. The first-order valence-electron chi connectivity index (χ1n) is 7.23. The molecular weight excluding hydrogens is 294 g/mol. The zero-order valence-corrected chi connectivity index (χ0v) is 13.3. The molecule has 0 N–H and O–H groups in total. The number of Topliss-reactive ketones (excluding diaryl/α,β-unsaturated/α-hetero) is 1. The molecule has 1 aliphatic heterocycles. The first-order chi connectivity index (χ1) is 11.0. The highest BCUT2D eigenvalue weighted by Gasteiger charge is 2.35. The van der Waals surface area contributed by atoms with Gasteiger partial charge in [0.15, 0.2) is 11.5 Å². The molecule has 0 atom stereocenters. The van der Waals surface area contributed by atoms with Gasteiger partial charge in [0.25, 0.3) is 11.7 Å². The van der Waals surface area contributed by atoms with Crippen molar-refractivity contribution in [3.63, 3.8) is 0 Å². The molecule has 0 bridgehead atoms. The molecule has 1 aliphatic rings. The Morgan fingerprint density at radius 1 is 0.957 bits per heavy atom. The fourth-order valence-corrected chi connectivity index (χ4v) is 2.73. The van der Waals surface area contributed by atoms with Crippen LogP contribution in [0.15, 0.2) is 36.4 Å². The number of aryl methyl sites for hydroxylation is 1. The zero-order valence-electron chi connectivity index (χ0n) is 13.3. The molecule has 2 aromatic carbocycles. The van der Waals surface area contributed by atoms with Crippen LogP contribution in [-0.4, -0.2) is 25.9 Å². The van der Waals surface area contributed by atoms with Crippen molar-refractivity contribution < 1.29 is 19.1 Å². The predicted octanol–water partition coefficient (Wildman–Crippen LogP) is 2.74. The molecule has 0 radical (unpaired) electrons. The second-order valence-corrected chi connectivity index (χ2v) is 5.43. The molecule has 23 heavy (non-hydrogen) atoms. The maximum absolute atomic E-state index is 12.3. The number of amides is 1. The lowest BCUT2D eigenvalue weighted by molar-refractivity contribution is -0.114. The first kappa shape index (κ1) is 15.1. The fourth-order valence-electron chi connectivity index (χ4n) is 2.73. The number of ketones is 1. The molecule has 0 spiro atoms. The number of carbonyl (C=O) groups excluding carboxylic acids is 2. The molecule has 1 heterocycles. The molecule has 0 saturated heterocycles. The summed E-state index contributed by atoms with van der Waals surface area (Å²) in [6, 6.07) is 10.9. The summed E-state index contributed by atoms with van der Waals surface area (Å²) in [5.41, 5.74) is 2.94. The molecule has 0 fully saturated rings. The van der Waals surface area contributed by atoms with Crippen molar-refractivity contribution in [3.8, 4) is 11.5 Å². The molecule has 118 valence electrons. The van der Waals surface area contributed by atoms with E-state index in [1.54, 1.807) is 26.4 Å². The lowest BCUT2D eigenvalue weighted by Crippen LogP contribution is -2.29. The van der Waals surface area contributed by atoms with E-state index in [2.05, 4.69) is 0 Å². The van der Waals surface area contributed by atoms with Gasteiger partial charge in [-0.2, -0.15) is 0 Å². The fraction of sp³-hybridized carbons (Fsp3) is 0.222. The van der Waals surface area contributed by atoms with Gasteiger partial charge in [-0.15, -0.1) is 0 Å². The zero-order chi connectivity index (χ0) is 16.6. The summed E-state index contributed by atoms with van der Waals surface area (Å²) in [6.07, 6.45) is 0. The van der Waals surface area contributed by atoms with Crippen molar-refractivity contribution in [3.05, 3.63) is 53.1 Å². The van der Waals surface area contributed by atoms with E-state index < -0.39 is 11.7 Å². The molecular formula is C18H17NO4. The smallest absolute Gasteiger partial charge is 0.299 e. The topological polar surface area (TPSA) is 55.8 Å². The van der Waals surface area contributed by atoms with E-state index in [-0.39, 0.29) is 0 Å². The van der Waals surface area contributed by atoms with Crippen LogP contribution in [0, 0.1) is 6.92 Å². The van der Waals surface area contributed by atoms with Gasteiger partial charge in [0.05, 0.1) is 32.0 Å². The van der Waals surface area contributed by atoms with E-state index >= 15 is 0 Å². The quantitative estimate of drug-likeness (QED) is 0.815. The third-order valence-corrected chi connectivity index (χ3v) is 3.92. The van der Waals surface area contributed by atoms with Crippen LogP contribution < -0.4 is 14.4 Å². The van der Waals surface area contributed by atoms with Gasteiger partial charge in [-0.25, -0.2) is 0 Å². The van der Waals surface area contributed by atoms with Crippen molar-refractivity contribution in [1.82, 2.24) is 0 Å². The number of methoxy groups -OCH3 is 2. The van der Waals surface area contributed by atoms with Gasteiger partial charge in [-0.05, 0) is 36.8 Å². The summed E-state index contributed by atoms with van der Waals surface area (Å²) in [5.74, 6) is 0.257. The molecule has 0 unspecified atom stereocenters. The van der Waals surface area contributed by atoms with E-state index in [0.29, 0.717) is 29.3 Å². The second-order valence-electron chi connectivity index (χ2n) is 5.43. The molecule has 0 aliphatic carbocycles. The maximum atomic E-state index is 12.3. The third kappa shape index (κ3) is 2.54. The molecule has 0 aromatic heterocycles.